The van der Waals surface area contributed by atoms with E-state index in [0.29, 0.717) is 32.6 Å². The van der Waals surface area contributed by atoms with Crippen LogP contribution in [-0.4, -0.2) is 36.8 Å². The smallest absolute Gasteiger partial charge is 0.233 e. The van der Waals surface area contributed by atoms with Gasteiger partial charge in [-0.1, -0.05) is 17.7 Å². The molecule has 1 atom stereocenters. The molecule has 0 spiro atoms. The van der Waals surface area contributed by atoms with Crippen molar-refractivity contribution in [1.29, 1.82) is 0 Å². The van der Waals surface area contributed by atoms with Gasteiger partial charge in [0.15, 0.2) is 0 Å². The van der Waals surface area contributed by atoms with Crippen LogP contribution in [0.2, 0.25) is 0 Å². The molecule has 1 aromatic rings. The lowest BCUT2D eigenvalue weighted by Crippen LogP contribution is -2.50. The van der Waals surface area contributed by atoms with Crippen LogP contribution >= 0.6 is 11.8 Å². The molecule has 3 N–H and O–H groups in total. The van der Waals surface area contributed by atoms with E-state index in [1.165, 1.54) is 16.0 Å². The van der Waals surface area contributed by atoms with Crippen molar-refractivity contribution in [2.45, 2.75) is 36.3 Å². The van der Waals surface area contributed by atoms with Gasteiger partial charge in [-0.2, -0.15) is 0 Å². The van der Waals surface area contributed by atoms with Gasteiger partial charge in [-0.15, -0.1) is 11.8 Å². The average molecular weight is 334 g/mol. The van der Waals surface area contributed by atoms with Crippen LogP contribution in [0, 0.1) is 12.3 Å². The molecule has 1 aromatic carbocycles. The second kappa shape index (κ2) is 6.53. The summed E-state index contributed by atoms with van der Waals surface area (Å²) in [5.74, 6) is -0.366. The number of carbonyl (C=O) groups is 2. The zero-order chi connectivity index (χ0) is 16.4. The molecule has 1 fully saturated rings. The molecule has 0 aromatic heterocycles. The maximum Gasteiger partial charge on any atom is 0.233 e. The van der Waals surface area contributed by atoms with Crippen molar-refractivity contribution in [1.82, 2.24) is 5.32 Å². The summed E-state index contributed by atoms with van der Waals surface area (Å²) in [6.45, 7) is 3.39. The molecule has 2 heterocycles. The molecule has 124 valence electrons. The number of amides is 2. The molecule has 0 aliphatic carbocycles. The molecule has 1 saturated heterocycles. The van der Waals surface area contributed by atoms with E-state index in [-0.39, 0.29) is 17.1 Å². The highest BCUT2D eigenvalue weighted by atomic mass is 32.2. The van der Waals surface area contributed by atoms with E-state index in [0.717, 1.165) is 6.42 Å². The van der Waals surface area contributed by atoms with Crippen molar-refractivity contribution >= 4 is 23.6 Å². The summed E-state index contributed by atoms with van der Waals surface area (Å²) >= 11 is 1.60. The van der Waals surface area contributed by atoms with Crippen LogP contribution in [0.3, 0.4) is 0 Å². The van der Waals surface area contributed by atoms with Crippen LogP contribution in [0.15, 0.2) is 23.1 Å². The Morgan fingerprint density at radius 2 is 2.13 bits per heavy atom. The number of primary amides is 1. The van der Waals surface area contributed by atoms with Crippen LogP contribution in [-0.2, 0) is 20.7 Å². The molecular formula is C17H22N2O3S. The third-order valence-electron chi connectivity index (χ3n) is 4.76. The first-order chi connectivity index (χ1) is 11.0. The Kier molecular flexibility index (Phi) is 4.64. The van der Waals surface area contributed by atoms with Gasteiger partial charge >= 0.3 is 0 Å². The zero-order valence-corrected chi connectivity index (χ0v) is 14.1. The van der Waals surface area contributed by atoms with Gasteiger partial charge in [0.05, 0.1) is 10.7 Å². The third kappa shape index (κ3) is 3.38. The summed E-state index contributed by atoms with van der Waals surface area (Å²) in [5, 5.41) is 2.82. The number of hydrogen-bond donors (Lipinski definition) is 2. The Balaban J connectivity index is 1.61. The summed E-state index contributed by atoms with van der Waals surface area (Å²) in [7, 11) is 0. The first-order valence-electron chi connectivity index (χ1n) is 7.92. The molecule has 2 amide bonds. The minimum absolute atomic E-state index is 0.0176. The first-order valence-corrected chi connectivity index (χ1v) is 8.80. The van der Waals surface area contributed by atoms with E-state index in [2.05, 4.69) is 30.4 Å². The van der Waals surface area contributed by atoms with Crippen molar-refractivity contribution in [3.8, 4) is 0 Å². The van der Waals surface area contributed by atoms with E-state index in [1.807, 2.05) is 0 Å². The fraction of sp³-hybridized carbons (Fsp3) is 0.529. The Labute approximate surface area is 140 Å². The van der Waals surface area contributed by atoms with Gasteiger partial charge in [-0.25, -0.2) is 0 Å². The van der Waals surface area contributed by atoms with Crippen LogP contribution in [0.4, 0.5) is 0 Å². The summed E-state index contributed by atoms with van der Waals surface area (Å²) in [5.41, 5.74) is 7.33. The maximum absolute atomic E-state index is 12.5. The zero-order valence-electron chi connectivity index (χ0n) is 13.3. The summed E-state index contributed by atoms with van der Waals surface area (Å²) < 4.78 is 5.31. The minimum Gasteiger partial charge on any atom is -0.381 e. The molecule has 5 nitrogen and oxygen atoms in total. The summed E-state index contributed by atoms with van der Waals surface area (Å²) in [6.07, 6.45) is 1.87. The summed E-state index contributed by atoms with van der Waals surface area (Å²) in [4.78, 5) is 25.5. The number of fused-ring (bicyclic) bond motifs is 1. The van der Waals surface area contributed by atoms with Crippen LogP contribution in [0.25, 0.3) is 0 Å². The van der Waals surface area contributed by atoms with Crippen LogP contribution in [0.1, 0.15) is 24.0 Å². The second-order valence-electron chi connectivity index (χ2n) is 6.40. The molecular weight excluding hydrogens is 312 g/mol. The lowest BCUT2D eigenvalue weighted by Gasteiger charge is -2.34. The van der Waals surface area contributed by atoms with Crippen LogP contribution in [0.5, 0.6) is 0 Å². The topological polar surface area (TPSA) is 81.4 Å². The number of thioether (sulfide) groups is 1. The van der Waals surface area contributed by atoms with Gasteiger partial charge in [-0.3, -0.25) is 9.59 Å². The van der Waals surface area contributed by atoms with Crippen molar-refractivity contribution in [3.05, 3.63) is 29.3 Å². The van der Waals surface area contributed by atoms with Crippen LogP contribution < -0.4 is 11.1 Å². The van der Waals surface area contributed by atoms with Crippen molar-refractivity contribution < 1.29 is 14.3 Å². The molecule has 2 aliphatic rings. The molecule has 23 heavy (non-hydrogen) atoms. The third-order valence-corrected chi connectivity index (χ3v) is 6.06. The average Bonchev–Trinajstić information content (AvgIpc) is 2.96. The number of benzene rings is 1. The molecule has 0 radical (unpaired) electrons. The fourth-order valence-corrected chi connectivity index (χ4v) is 4.44. The largest absolute Gasteiger partial charge is 0.381 e. The number of nitrogens with one attached hydrogen (secondary N) is 1. The Bertz CT molecular complexity index is 626. The highest BCUT2D eigenvalue weighted by molar-refractivity contribution is 8.01. The Morgan fingerprint density at radius 1 is 1.39 bits per heavy atom. The predicted octanol–water partition coefficient (Wildman–Crippen LogP) is 1.41. The predicted molar refractivity (Wildman–Crippen MR) is 89.2 cm³/mol. The fourth-order valence-electron chi connectivity index (χ4n) is 3.12. The monoisotopic (exact) mass is 334 g/mol. The number of rotatable bonds is 4. The Hall–Kier alpha value is -1.53. The van der Waals surface area contributed by atoms with E-state index in [9.17, 15) is 9.59 Å². The molecule has 6 heteroatoms. The minimum atomic E-state index is -0.666. The molecule has 0 saturated carbocycles. The van der Waals surface area contributed by atoms with Crippen molar-refractivity contribution in [3.63, 3.8) is 0 Å². The van der Waals surface area contributed by atoms with Crippen molar-refractivity contribution in [2.24, 2.45) is 11.1 Å². The highest BCUT2D eigenvalue weighted by Gasteiger charge is 2.39. The Morgan fingerprint density at radius 3 is 2.83 bits per heavy atom. The number of carbonyl (C=O) groups excluding carboxylic acids is 2. The molecule has 0 bridgehead atoms. The van der Waals surface area contributed by atoms with Crippen molar-refractivity contribution in [2.75, 3.05) is 19.8 Å². The van der Waals surface area contributed by atoms with Gasteiger partial charge in [0.2, 0.25) is 11.8 Å². The van der Waals surface area contributed by atoms with E-state index in [1.54, 1.807) is 11.8 Å². The molecule has 3 rings (SSSR count). The SMILES string of the molecule is Cc1ccc2c(c1)S[C@H](C(=O)NCC1(C(N)=O)CCOCC1)C2. The lowest BCUT2D eigenvalue weighted by molar-refractivity contribution is -0.133. The lowest BCUT2D eigenvalue weighted by atomic mass is 9.79. The standard InChI is InChI=1S/C17H22N2O3S/c1-11-2-3-12-9-14(23-13(12)8-11)15(20)19-10-17(16(18)21)4-6-22-7-5-17/h2-3,8,14H,4-7,9-10H2,1H3,(H2,18,21)(H,19,20)/t14-/m0/s1. The number of ether oxygens (including phenoxy) is 1. The van der Waals surface area contributed by atoms with Gasteiger partial charge < -0.3 is 15.8 Å². The number of aryl methyl sites for hydroxylation is 1. The first kappa shape index (κ1) is 16.3. The van der Waals surface area contributed by atoms with Gasteiger partial charge in [-0.05, 0) is 37.8 Å². The van der Waals surface area contributed by atoms with E-state index >= 15 is 0 Å². The van der Waals surface area contributed by atoms with E-state index < -0.39 is 5.41 Å². The van der Waals surface area contributed by atoms with E-state index in [4.69, 9.17) is 10.5 Å². The van der Waals surface area contributed by atoms with Gasteiger partial charge in [0.25, 0.3) is 0 Å². The molecule has 0 unspecified atom stereocenters. The normalized spacial score (nSPS) is 22.4. The highest BCUT2D eigenvalue weighted by Crippen LogP contribution is 2.38. The van der Waals surface area contributed by atoms with Gasteiger partial charge in [0.1, 0.15) is 0 Å². The second-order valence-corrected chi connectivity index (χ2v) is 7.64. The molecule has 2 aliphatic heterocycles. The summed E-state index contributed by atoms with van der Waals surface area (Å²) in [6, 6.07) is 6.29. The number of nitrogens with two attached hydrogens (primary N) is 1. The maximum atomic E-state index is 12.5. The van der Waals surface area contributed by atoms with Gasteiger partial charge in [0, 0.05) is 24.7 Å². The number of hydrogen-bond acceptors (Lipinski definition) is 4. The quantitative estimate of drug-likeness (QED) is 0.872.